The minimum Gasteiger partial charge on any atom is -0.266 e. The lowest BCUT2D eigenvalue weighted by molar-refractivity contribution is 1.48. The zero-order chi connectivity index (χ0) is 8.97. The van der Waals surface area contributed by atoms with Crippen LogP contribution in [0.15, 0.2) is 29.3 Å². The molecule has 1 nitrogen and oxygen atoms in total. The highest BCUT2D eigenvalue weighted by Gasteiger charge is 1.78. The first kappa shape index (κ1) is 8.72. The van der Waals surface area contributed by atoms with E-state index in [-0.39, 0.29) is 0 Å². The molecule has 12 heavy (non-hydrogen) atoms. The predicted octanol–water partition coefficient (Wildman–Crippen LogP) is 1.32. The lowest BCUT2D eigenvalue weighted by Crippen LogP contribution is -2.21. The maximum Gasteiger partial charge on any atom is 0.0345 e. The summed E-state index contributed by atoms with van der Waals surface area (Å²) in [6.07, 6.45) is 1.84. The second-order valence-electron chi connectivity index (χ2n) is 2.90. The molecule has 0 heterocycles. The molecule has 0 aliphatic carbocycles. The van der Waals surface area contributed by atoms with Gasteiger partial charge in [0.1, 0.15) is 0 Å². The van der Waals surface area contributed by atoms with Crippen LogP contribution in [0.25, 0.3) is 12.8 Å². The Morgan fingerprint density at radius 2 is 2.00 bits per heavy atom. The summed E-state index contributed by atoms with van der Waals surface area (Å²) in [5.74, 6) is 0. The number of benzene rings is 1. The SMILES string of the molecule is C=c1cccc/c1=C/N=C(C)C. The van der Waals surface area contributed by atoms with E-state index in [1.807, 2.05) is 44.3 Å². The summed E-state index contributed by atoms with van der Waals surface area (Å²) < 4.78 is 0. The van der Waals surface area contributed by atoms with Crippen LogP contribution in [-0.4, -0.2) is 5.71 Å². The number of hydrogen-bond donors (Lipinski definition) is 0. The predicted molar refractivity (Wildman–Crippen MR) is 54.5 cm³/mol. The highest BCUT2D eigenvalue weighted by Crippen LogP contribution is 1.76. The molecule has 0 atom stereocenters. The molecule has 1 aromatic carbocycles. The Balaban J connectivity index is 3.20. The van der Waals surface area contributed by atoms with Crippen LogP contribution in [0.4, 0.5) is 0 Å². The lowest BCUT2D eigenvalue weighted by atomic mass is 10.2. The second-order valence-corrected chi connectivity index (χ2v) is 2.90. The van der Waals surface area contributed by atoms with Crippen molar-refractivity contribution in [2.45, 2.75) is 13.8 Å². The third-order valence-electron chi connectivity index (χ3n) is 1.52. The Morgan fingerprint density at radius 1 is 1.33 bits per heavy atom. The van der Waals surface area contributed by atoms with Gasteiger partial charge in [-0.25, -0.2) is 0 Å². The molecular formula is C11H13N. The van der Waals surface area contributed by atoms with Crippen molar-refractivity contribution >= 4 is 18.5 Å². The van der Waals surface area contributed by atoms with E-state index in [0.29, 0.717) is 0 Å². The summed E-state index contributed by atoms with van der Waals surface area (Å²) >= 11 is 0. The Labute approximate surface area is 72.8 Å². The van der Waals surface area contributed by atoms with Crippen molar-refractivity contribution in [3.05, 3.63) is 34.7 Å². The first-order valence-electron chi connectivity index (χ1n) is 3.95. The maximum atomic E-state index is 4.21. The van der Waals surface area contributed by atoms with Gasteiger partial charge in [0.15, 0.2) is 0 Å². The Hall–Kier alpha value is -1.37. The largest absolute Gasteiger partial charge is 0.266 e. The van der Waals surface area contributed by atoms with Gasteiger partial charge in [-0.2, -0.15) is 0 Å². The molecule has 0 radical (unpaired) electrons. The van der Waals surface area contributed by atoms with Crippen molar-refractivity contribution in [2.75, 3.05) is 0 Å². The molecule has 0 fully saturated rings. The van der Waals surface area contributed by atoms with Gasteiger partial charge in [0.05, 0.1) is 0 Å². The van der Waals surface area contributed by atoms with Crippen molar-refractivity contribution in [1.29, 1.82) is 0 Å². The van der Waals surface area contributed by atoms with Crippen molar-refractivity contribution in [3.63, 3.8) is 0 Å². The van der Waals surface area contributed by atoms with Crippen molar-refractivity contribution < 1.29 is 0 Å². The first-order chi connectivity index (χ1) is 5.70. The standard InChI is InChI=1S/C11H13N/c1-9(2)12-8-11-7-5-4-6-10(11)3/h4-8H,3H2,1-2H3/b11-8-. The van der Waals surface area contributed by atoms with E-state index in [4.69, 9.17) is 0 Å². The van der Waals surface area contributed by atoms with Gasteiger partial charge in [-0.15, -0.1) is 0 Å². The molecule has 0 amide bonds. The topological polar surface area (TPSA) is 12.4 Å². The van der Waals surface area contributed by atoms with E-state index in [2.05, 4.69) is 11.6 Å². The fourth-order valence-corrected chi connectivity index (χ4v) is 0.859. The molecule has 0 aliphatic rings. The minimum absolute atomic E-state index is 1.02. The van der Waals surface area contributed by atoms with Crippen molar-refractivity contribution in [1.82, 2.24) is 0 Å². The average Bonchev–Trinajstić information content (AvgIpc) is 2.03. The molecule has 0 N–H and O–H groups in total. The molecule has 1 aromatic rings. The summed E-state index contributed by atoms with van der Waals surface area (Å²) in [6, 6.07) is 7.95. The Kier molecular flexibility index (Phi) is 2.81. The molecule has 0 saturated carbocycles. The summed E-state index contributed by atoms with van der Waals surface area (Å²) in [4.78, 5) is 4.21. The second kappa shape index (κ2) is 3.86. The van der Waals surface area contributed by atoms with E-state index in [1.165, 1.54) is 0 Å². The smallest absolute Gasteiger partial charge is 0.0345 e. The highest BCUT2D eigenvalue weighted by atomic mass is 14.7. The Morgan fingerprint density at radius 3 is 2.58 bits per heavy atom. The number of hydrogen-bond acceptors (Lipinski definition) is 1. The van der Waals surface area contributed by atoms with Gasteiger partial charge >= 0.3 is 0 Å². The van der Waals surface area contributed by atoms with Crippen LogP contribution in [-0.2, 0) is 0 Å². The van der Waals surface area contributed by atoms with Crippen LogP contribution < -0.4 is 10.4 Å². The van der Waals surface area contributed by atoms with Gasteiger partial charge in [0.2, 0.25) is 0 Å². The lowest BCUT2D eigenvalue weighted by Gasteiger charge is -1.86. The highest BCUT2D eigenvalue weighted by molar-refractivity contribution is 5.81. The summed E-state index contributed by atoms with van der Waals surface area (Å²) in [5.41, 5.74) is 1.05. The minimum atomic E-state index is 1.02. The average molecular weight is 159 g/mol. The molecule has 1 heteroatoms. The van der Waals surface area contributed by atoms with Gasteiger partial charge in [0, 0.05) is 11.9 Å². The van der Waals surface area contributed by atoms with E-state index in [0.717, 1.165) is 16.1 Å². The number of aliphatic imine (C=N–C) groups is 1. The van der Waals surface area contributed by atoms with Crippen molar-refractivity contribution in [2.24, 2.45) is 4.99 Å². The summed E-state index contributed by atoms with van der Waals surface area (Å²) in [7, 11) is 0. The van der Waals surface area contributed by atoms with Crippen LogP contribution in [0.1, 0.15) is 13.8 Å². The monoisotopic (exact) mass is 159 g/mol. The van der Waals surface area contributed by atoms with E-state index in [1.54, 1.807) is 0 Å². The maximum absolute atomic E-state index is 4.21. The molecule has 62 valence electrons. The normalized spacial score (nSPS) is 11.3. The van der Waals surface area contributed by atoms with Crippen LogP contribution in [0.5, 0.6) is 0 Å². The molecule has 0 unspecified atom stereocenters. The molecular weight excluding hydrogens is 146 g/mol. The molecule has 0 spiro atoms. The van der Waals surface area contributed by atoms with E-state index in [9.17, 15) is 0 Å². The molecule has 1 rings (SSSR count). The van der Waals surface area contributed by atoms with Crippen LogP contribution >= 0.6 is 0 Å². The van der Waals surface area contributed by atoms with E-state index >= 15 is 0 Å². The third-order valence-corrected chi connectivity index (χ3v) is 1.52. The fourth-order valence-electron chi connectivity index (χ4n) is 0.859. The molecule has 0 aliphatic heterocycles. The van der Waals surface area contributed by atoms with Gasteiger partial charge in [-0.1, -0.05) is 30.8 Å². The quantitative estimate of drug-likeness (QED) is 0.548. The van der Waals surface area contributed by atoms with Gasteiger partial charge in [-0.3, -0.25) is 4.99 Å². The number of nitrogens with zero attached hydrogens (tertiary/aromatic N) is 1. The first-order valence-corrected chi connectivity index (χ1v) is 3.95. The third kappa shape index (κ3) is 2.35. The molecule has 0 saturated heterocycles. The van der Waals surface area contributed by atoms with Crippen molar-refractivity contribution in [3.8, 4) is 0 Å². The van der Waals surface area contributed by atoms with Gasteiger partial charge < -0.3 is 0 Å². The zero-order valence-corrected chi connectivity index (χ0v) is 7.54. The van der Waals surface area contributed by atoms with Gasteiger partial charge in [-0.05, 0) is 24.3 Å². The van der Waals surface area contributed by atoms with Crippen LogP contribution in [0, 0.1) is 0 Å². The summed E-state index contributed by atoms with van der Waals surface area (Å²) in [5, 5.41) is 2.10. The zero-order valence-electron chi connectivity index (χ0n) is 7.54. The van der Waals surface area contributed by atoms with E-state index < -0.39 is 0 Å². The van der Waals surface area contributed by atoms with Crippen LogP contribution in [0.2, 0.25) is 0 Å². The van der Waals surface area contributed by atoms with Crippen LogP contribution in [0.3, 0.4) is 0 Å². The molecule has 0 bridgehead atoms. The number of rotatable bonds is 1. The summed E-state index contributed by atoms with van der Waals surface area (Å²) in [6.45, 7) is 7.85. The molecule has 0 aromatic heterocycles. The fraction of sp³-hybridized carbons (Fsp3) is 0.182. The Bertz CT molecular complexity index is 384. The van der Waals surface area contributed by atoms with Gasteiger partial charge in [0.25, 0.3) is 0 Å².